The van der Waals surface area contributed by atoms with Crippen LogP contribution in [0.5, 0.6) is 0 Å². The summed E-state index contributed by atoms with van der Waals surface area (Å²) < 4.78 is 10.6. The molecule has 0 aliphatic heterocycles. The molecule has 0 saturated heterocycles. The van der Waals surface area contributed by atoms with Gasteiger partial charge in [0, 0.05) is 5.56 Å². The number of nitrogens with zero attached hydrogens (tertiary/aromatic N) is 1. The van der Waals surface area contributed by atoms with Crippen molar-refractivity contribution in [3.05, 3.63) is 89.1 Å². The van der Waals surface area contributed by atoms with Gasteiger partial charge in [-0.1, -0.05) is 60.7 Å². The van der Waals surface area contributed by atoms with Crippen LogP contribution in [0.4, 0.5) is 0 Å². The van der Waals surface area contributed by atoms with Crippen LogP contribution in [-0.4, -0.2) is 23.5 Å². The van der Waals surface area contributed by atoms with E-state index in [4.69, 9.17) is 9.47 Å². The molecule has 28 heavy (non-hydrogen) atoms. The van der Waals surface area contributed by atoms with Crippen LogP contribution in [0.1, 0.15) is 38.9 Å². The van der Waals surface area contributed by atoms with Crippen LogP contribution < -0.4 is 0 Å². The van der Waals surface area contributed by atoms with E-state index in [1.54, 1.807) is 19.9 Å². The lowest BCUT2D eigenvalue weighted by molar-refractivity contribution is 0.0443. The number of carbonyl (C=O) groups excluding carboxylic acids is 2. The lowest BCUT2D eigenvalue weighted by atomic mass is 10.0. The van der Waals surface area contributed by atoms with E-state index in [1.807, 2.05) is 60.7 Å². The molecular weight excluding hydrogens is 354 g/mol. The number of aryl methyl sites for hydroxylation is 1. The molecule has 0 fully saturated rings. The summed E-state index contributed by atoms with van der Waals surface area (Å²) in [5.74, 6) is -1.17. The van der Waals surface area contributed by atoms with Gasteiger partial charge in [-0.05, 0) is 25.5 Å². The van der Waals surface area contributed by atoms with E-state index in [1.165, 1.54) is 0 Å². The van der Waals surface area contributed by atoms with E-state index in [9.17, 15) is 9.59 Å². The van der Waals surface area contributed by atoms with E-state index in [2.05, 4.69) is 4.98 Å². The number of benzene rings is 2. The number of rotatable bonds is 6. The van der Waals surface area contributed by atoms with Crippen molar-refractivity contribution in [1.29, 1.82) is 0 Å². The number of hydrogen-bond acceptors (Lipinski definition) is 5. The Bertz CT molecular complexity index is 969. The fourth-order valence-corrected chi connectivity index (χ4v) is 2.85. The zero-order valence-corrected chi connectivity index (χ0v) is 15.8. The summed E-state index contributed by atoms with van der Waals surface area (Å²) in [7, 11) is 0. The average Bonchev–Trinajstić information content (AvgIpc) is 2.73. The molecule has 3 aromatic rings. The van der Waals surface area contributed by atoms with Crippen molar-refractivity contribution >= 4 is 11.9 Å². The molecule has 0 aliphatic rings. The molecule has 5 heteroatoms. The standard InChI is InChI=1S/C23H21NO4/c1-3-27-22(25)19-14-20(18-12-8-5-9-13-18)24-16(2)21(19)23(26)28-15-17-10-6-4-7-11-17/h4-14H,3,15H2,1-2H3. The number of ether oxygens (including phenoxy) is 2. The van der Waals surface area contributed by atoms with Gasteiger partial charge >= 0.3 is 11.9 Å². The van der Waals surface area contributed by atoms with Crippen molar-refractivity contribution in [3.8, 4) is 11.3 Å². The summed E-state index contributed by atoms with van der Waals surface area (Å²) in [6.07, 6.45) is 0. The highest BCUT2D eigenvalue weighted by Crippen LogP contribution is 2.24. The Morgan fingerprint density at radius 1 is 0.893 bits per heavy atom. The zero-order valence-electron chi connectivity index (χ0n) is 15.8. The molecule has 0 saturated carbocycles. The van der Waals surface area contributed by atoms with Crippen LogP contribution in [0, 0.1) is 6.92 Å². The van der Waals surface area contributed by atoms with Gasteiger partial charge in [0.05, 0.1) is 29.1 Å². The van der Waals surface area contributed by atoms with E-state index in [-0.39, 0.29) is 24.3 Å². The van der Waals surface area contributed by atoms with Gasteiger partial charge in [-0.2, -0.15) is 0 Å². The predicted octanol–water partition coefficient (Wildman–Crippen LogP) is 4.59. The Morgan fingerprint density at radius 3 is 2.18 bits per heavy atom. The third-order valence-electron chi connectivity index (χ3n) is 4.18. The second kappa shape index (κ2) is 8.95. The number of esters is 2. The Balaban J connectivity index is 1.96. The van der Waals surface area contributed by atoms with Crippen LogP contribution in [0.25, 0.3) is 11.3 Å². The minimum Gasteiger partial charge on any atom is -0.462 e. The van der Waals surface area contributed by atoms with Crippen LogP contribution in [0.3, 0.4) is 0 Å². The maximum Gasteiger partial charge on any atom is 0.341 e. The van der Waals surface area contributed by atoms with Gasteiger partial charge in [0.25, 0.3) is 0 Å². The van der Waals surface area contributed by atoms with Gasteiger partial charge in [-0.3, -0.25) is 4.98 Å². The molecule has 1 heterocycles. The molecule has 0 amide bonds. The van der Waals surface area contributed by atoms with Crippen molar-refractivity contribution in [2.24, 2.45) is 0 Å². The van der Waals surface area contributed by atoms with Crippen molar-refractivity contribution < 1.29 is 19.1 Å². The van der Waals surface area contributed by atoms with Gasteiger partial charge in [-0.25, -0.2) is 9.59 Å². The largest absolute Gasteiger partial charge is 0.462 e. The molecular formula is C23H21NO4. The first kappa shape index (κ1) is 19.3. The van der Waals surface area contributed by atoms with Crippen molar-refractivity contribution in [1.82, 2.24) is 4.98 Å². The van der Waals surface area contributed by atoms with Gasteiger partial charge < -0.3 is 9.47 Å². The highest BCUT2D eigenvalue weighted by molar-refractivity contribution is 6.04. The molecule has 142 valence electrons. The normalized spacial score (nSPS) is 10.4. The summed E-state index contributed by atoms with van der Waals surface area (Å²) >= 11 is 0. The van der Waals surface area contributed by atoms with E-state index >= 15 is 0 Å². The molecule has 0 radical (unpaired) electrons. The second-order valence-electron chi connectivity index (χ2n) is 6.16. The van der Waals surface area contributed by atoms with Crippen molar-refractivity contribution in [2.75, 3.05) is 6.61 Å². The molecule has 0 N–H and O–H groups in total. The number of hydrogen-bond donors (Lipinski definition) is 0. The molecule has 0 aliphatic carbocycles. The molecule has 1 aromatic heterocycles. The minimum atomic E-state index is -0.600. The lowest BCUT2D eigenvalue weighted by Gasteiger charge is -2.13. The summed E-state index contributed by atoms with van der Waals surface area (Å²) in [5.41, 5.74) is 3.02. The summed E-state index contributed by atoms with van der Waals surface area (Å²) in [4.78, 5) is 29.8. The van der Waals surface area contributed by atoms with E-state index in [0.29, 0.717) is 11.4 Å². The van der Waals surface area contributed by atoms with Crippen LogP contribution in [0.2, 0.25) is 0 Å². The molecule has 5 nitrogen and oxygen atoms in total. The van der Waals surface area contributed by atoms with Crippen LogP contribution >= 0.6 is 0 Å². The Hall–Kier alpha value is -3.47. The van der Waals surface area contributed by atoms with Crippen molar-refractivity contribution in [3.63, 3.8) is 0 Å². The van der Waals surface area contributed by atoms with Gasteiger partial charge in [0.2, 0.25) is 0 Å². The predicted molar refractivity (Wildman–Crippen MR) is 106 cm³/mol. The fraction of sp³-hybridized carbons (Fsp3) is 0.174. The first-order chi connectivity index (χ1) is 13.6. The Kier molecular flexibility index (Phi) is 6.17. The molecule has 0 atom stereocenters. The molecule has 3 rings (SSSR count). The van der Waals surface area contributed by atoms with Crippen molar-refractivity contribution in [2.45, 2.75) is 20.5 Å². The molecule has 0 bridgehead atoms. The third-order valence-corrected chi connectivity index (χ3v) is 4.18. The molecule has 0 unspecified atom stereocenters. The first-order valence-electron chi connectivity index (χ1n) is 9.05. The first-order valence-corrected chi connectivity index (χ1v) is 9.05. The summed E-state index contributed by atoms with van der Waals surface area (Å²) in [6.45, 7) is 3.73. The summed E-state index contributed by atoms with van der Waals surface area (Å²) in [5, 5.41) is 0. The monoisotopic (exact) mass is 375 g/mol. The molecule has 2 aromatic carbocycles. The Labute approximate surface area is 164 Å². The third kappa shape index (κ3) is 4.43. The number of pyridine rings is 1. The minimum absolute atomic E-state index is 0.113. The maximum absolute atomic E-state index is 12.7. The van der Waals surface area contributed by atoms with Crippen LogP contribution in [0.15, 0.2) is 66.7 Å². The number of carbonyl (C=O) groups is 2. The second-order valence-corrected chi connectivity index (χ2v) is 6.16. The van der Waals surface area contributed by atoms with Crippen LogP contribution in [-0.2, 0) is 16.1 Å². The maximum atomic E-state index is 12.7. The average molecular weight is 375 g/mol. The zero-order chi connectivity index (χ0) is 19.9. The summed E-state index contributed by atoms with van der Waals surface area (Å²) in [6, 6.07) is 20.4. The highest BCUT2D eigenvalue weighted by atomic mass is 16.5. The van der Waals surface area contributed by atoms with Gasteiger partial charge in [-0.15, -0.1) is 0 Å². The van der Waals surface area contributed by atoms with Gasteiger partial charge in [0.1, 0.15) is 6.61 Å². The quantitative estimate of drug-likeness (QED) is 0.590. The van der Waals surface area contributed by atoms with Gasteiger partial charge in [0.15, 0.2) is 0 Å². The smallest absolute Gasteiger partial charge is 0.341 e. The lowest BCUT2D eigenvalue weighted by Crippen LogP contribution is -2.17. The number of aromatic nitrogens is 1. The SMILES string of the molecule is CCOC(=O)c1cc(-c2ccccc2)nc(C)c1C(=O)OCc1ccccc1. The van der Waals surface area contributed by atoms with E-state index in [0.717, 1.165) is 11.1 Å². The highest BCUT2D eigenvalue weighted by Gasteiger charge is 2.24. The molecule has 0 spiro atoms. The fourth-order valence-electron chi connectivity index (χ4n) is 2.85. The van der Waals surface area contributed by atoms with E-state index < -0.39 is 11.9 Å². The topological polar surface area (TPSA) is 65.5 Å². The Morgan fingerprint density at radius 2 is 1.54 bits per heavy atom.